The summed E-state index contributed by atoms with van der Waals surface area (Å²) in [5.74, 6) is -0.993. The number of carbonyl (C=O) groups is 2. The standard InChI is InChI=1S/C21H28N8O2/c1-2-3-4-7-28-8-10-29(11-9-28)13-5-6-14-15(12-13)25-20(24-14)21-26-16(18(22)30)17(27-21)19(23)31/h5-6,12H,2-4,7-11H2,1H3,(H2,22,30)(H2,23,31)(H,24,25)(H,26,27). The molecular formula is C21H28N8O2. The molecule has 10 nitrogen and oxygen atoms in total. The number of primary amides is 2. The molecule has 31 heavy (non-hydrogen) atoms. The van der Waals surface area contributed by atoms with Gasteiger partial charge in [0.05, 0.1) is 11.0 Å². The molecule has 0 spiro atoms. The molecule has 0 unspecified atom stereocenters. The lowest BCUT2D eigenvalue weighted by atomic mass is 10.2. The second kappa shape index (κ2) is 8.76. The van der Waals surface area contributed by atoms with Crippen molar-refractivity contribution < 1.29 is 9.59 Å². The number of hydrogen-bond acceptors (Lipinski definition) is 6. The van der Waals surface area contributed by atoms with Crippen LogP contribution in [-0.4, -0.2) is 69.4 Å². The summed E-state index contributed by atoms with van der Waals surface area (Å²) in [7, 11) is 0. The van der Waals surface area contributed by atoms with Crippen molar-refractivity contribution in [2.45, 2.75) is 26.2 Å². The van der Waals surface area contributed by atoms with E-state index in [0.717, 1.165) is 42.9 Å². The van der Waals surface area contributed by atoms with Crippen LogP contribution in [0, 0.1) is 0 Å². The number of amides is 2. The number of imidazole rings is 2. The lowest BCUT2D eigenvalue weighted by Crippen LogP contribution is -2.46. The number of anilines is 1. The van der Waals surface area contributed by atoms with Crippen molar-refractivity contribution >= 4 is 28.5 Å². The van der Waals surface area contributed by atoms with Gasteiger partial charge >= 0.3 is 0 Å². The molecular weight excluding hydrogens is 396 g/mol. The monoisotopic (exact) mass is 424 g/mol. The summed E-state index contributed by atoms with van der Waals surface area (Å²) in [6, 6.07) is 6.07. The molecule has 2 amide bonds. The number of carbonyl (C=O) groups excluding carboxylic acids is 2. The van der Waals surface area contributed by atoms with Crippen LogP contribution in [0.5, 0.6) is 0 Å². The highest BCUT2D eigenvalue weighted by Gasteiger charge is 2.22. The molecule has 6 N–H and O–H groups in total. The minimum Gasteiger partial charge on any atom is -0.369 e. The van der Waals surface area contributed by atoms with Gasteiger partial charge in [-0.05, 0) is 31.2 Å². The minimum atomic E-state index is -0.830. The van der Waals surface area contributed by atoms with Gasteiger partial charge in [-0.2, -0.15) is 0 Å². The smallest absolute Gasteiger partial charge is 0.269 e. The summed E-state index contributed by atoms with van der Waals surface area (Å²) in [5, 5.41) is 0. The zero-order chi connectivity index (χ0) is 22.0. The predicted molar refractivity (Wildman–Crippen MR) is 119 cm³/mol. The Kier molecular flexibility index (Phi) is 5.90. The van der Waals surface area contributed by atoms with Crippen molar-refractivity contribution in [3.63, 3.8) is 0 Å². The number of piperazine rings is 1. The van der Waals surface area contributed by atoms with Crippen LogP contribution in [0.1, 0.15) is 47.2 Å². The van der Waals surface area contributed by atoms with E-state index in [9.17, 15) is 9.59 Å². The maximum atomic E-state index is 11.6. The van der Waals surface area contributed by atoms with E-state index in [1.54, 1.807) is 0 Å². The van der Waals surface area contributed by atoms with Crippen molar-refractivity contribution in [2.24, 2.45) is 11.5 Å². The van der Waals surface area contributed by atoms with Crippen LogP contribution >= 0.6 is 0 Å². The van der Waals surface area contributed by atoms with Crippen LogP contribution in [-0.2, 0) is 0 Å². The topological polar surface area (TPSA) is 150 Å². The van der Waals surface area contributed by atoms with Gasteiger partial charge in [-0.15, -0.1) is 0 Å². The van der Waals surface area contributed by atoms with Crippen LogP contribution < -0.4 is 16.4 Å². The Balaban J connectivity index is 1.51. The maximum absolute atomic E-state index is 11.6. The fourth-order valence-corrected chi connectivity index (χ4v) is 3.96. The van der Waals surface area contributed by atoms with Crippen molar-refractivity contribution in [2.75, 3.05) is 37.6 Å². The van der Waals surface area contributed by atoms with E-state index < -0.39 is 11.8 Å². The number of hydrogen-bond donors (Lipinski definition) is 4. The molecule has 1 fully saturated rings. The van der Waals surface area contributed by atoms with Gasteiger partial charge in [0.2, 0.25) is 0 Å². The zero-order valence-corrected chi connectivity index (χ0v) is 17.6. The molecule has 4 rings (SSSR count). The number of fused-ring (bicyclic) bond motifs is 1. The maximum Gasteiger partial charge on any atom is 0.269 e. The Morgan fingerprint density at radius 3 is 2.39 bits per heavy atom. The number of benzene rings is 1. The van der Waals surface area contributed by atoms with Gasteiger partial charge in [0.25, 0.3) is 11.8 Å². The highest BCUT2D eigenvalue weighted by Crippen LogP contribution is 2.25. The Morgan fingerprint density at radius 2 is 1.74 bits per heavy atom. The van der Waals surface area contributed by atoms with Crippen molar-refractivity contribution in [1.29, 1.82) is 0 Å². The summed E-state index contributed by atoms with van der Waals surface area (Å²) in [6.45, 7) is 7.51. The first-order chi connectivity index (χ1) is 15.0. The van der Waals surface area contributed by atoms with Gasteiger partial charge in [-0.1, -0.05) is 19.8 Å². The number of nitrogens with one attached hydrogen (secondary N) is 2. The SMILES string of the molecule is CCCCCN1CCN(c2ccc3nc(-c4nc(C(N)=O)c(C(N)=O)[nH]4)[nH]c3c2)CC1. The average molecular weight is 425 g/mol. The van der Waals surface area contributed by atoms with Gasteiger partial charge in [-0.25, -0.2) is 9.97 Å². The number of nitrogens with zero attached hydrogens (tertiary/aromatic N) is 4. The highest BCUT2D eigenvalue weighted by molar-refractivity contribution is 6.04. The first-order valence-corrected chi connectivity index (χ1v) is 10.6. The number of aromatic amines is 2. The fraction of sp³-hybridized carbons (Fsp3) is 0.429. The van der Waals surface area contributed by atoms with Gasteiger partial charge < -0.3 is 26.3 Å². The molecule has 0 radical (unpaired) electrons. The minimum absolute atomic E-state index is 0.125. The second-order valence-corrected chi connectivity index (χ2v) is 7.86. The number of H-pyrrole nitrogens is 2. The molecule has 3 heterocycles. The first-order valence-electron chi connectivity index (χ1n) is 10.6. The summed E-state index contributed by atoms with van der Waals surface area (Å²) >= 11 is 0. The number of rotatable bonds is 8. The molecule has 0 bridgehead atoms. The van der Waals surface area contributed by atoms with Gasteiger partial charge in [0.15, 0.2) is 17.3 Å². The number of aromatic nitrogens is 4. The van der Waals surface area contributed by atoms with E-state index in [4.69, 9.17) is 11.5 Å². The van der Waals surface area contributed by atoms with Crippen molar-refractivity contribution in [1.82, 2.24) is 24.8 Å². The third-order valence-corrected chi connectivity index (χ3v) is 5.69. The fourth-order valence-electron chi connectivity index (χ4n) is 3.96. The summed E-state index contributed by atoms with van der Waals surface area (Å²) < 4.78 is 0. The Morgan fingerprint density at radius 1 is 1.00 bits per heavy atom. The Labute approximate surface area is 180 Å². The second-order valence-electron chi connectivity index (χ2n) is 7.86. The quantitative estimate of drug-likeness (QED) is 0.402. The molecule has 3 aromatic rings. The lowest BCUT2D eigenvalue weighted by Gasteiger charge is -2.36. The Hall–Kier alpha value is -3.40. The average Bonchev–Trinajstić information content (AvgIpc) is 3.38. The lowest BCUT2D eigenvalue weighted by molar-refractivity contribution is 0.0962. The van der Waals surface area contributed by atoms with Crippen LogP contribution in [0.15, 0.2) is 18.2 Å². The van der Waals surface area contributed by atoms with E-state index in [1.807, 2.05) is 6.07 Å². The molecule has 2 aromatic heterocycles. The summed E-state index contributed by atoms with van der Waals surface area (Å²) in [6.07, 6.45) is 3.80. The molecule has 0 saturated carbocycles. The molecule has 1 aromatic carbocycles. The molecule has 0 atom stereocenters. The normalized spacial score (nSPS) is 14.9. The van der Waals surface area contributed by atoms with E-state index in [2.05, 4.69) is 48.8 Å². The van der Waals surface area contributed by atoms with E-state index in [1.165, 1.54) is 25.8 Å². The zero-order valence-electron chi connectivity index (χ0n) is 17.6. The molecule has 164 valence electrons. The summed E-state index contributed by atoms with van der Waals surface area (Å²) in [4.78, 5) is 42.6. The van der Waals surface area contributed by atoms with E-state index in [0.29, 0.717) is 5.82 Å². The van der Waals surface area contributed by atoms with Gasteiger partial charge in [0.1, 0.15) is 5.69 Å². The first kappa shape index (κ1) is 20.9. The van der Waals surface area contributed by atoms with Crippen LogP contribution in [0.25, 0.3) is 22.7 Å². The third-order valence-electron chi connectivity index (χ3n) is 5.69. The predicted octanol–water partition coefficient (Wildman–Crippen LogP) is 1.46. The highest BCUT2D eigenvalue weighted by atomic mass is 16.2. The van der Waals surface area contributed by atoms with Crippen molar-refractivity contribution in [3.05, 3.63) is 29.6 Å². The molecule has 10 heteroatoms. The number of unbranched alkanes of at least 4 members (excludes halogenated alkanes) is 2. The summed E-state index contributed by atoms with van der Waals surface area (Å²) in [5.41, 5.74) is 13.0. The third kappa shape index (κ3) is 4.38. The van der Waals surface area contributed by atoms with E-state index in [-0.39, 0.29) is 17.2 Å². The number of nitrogens with two attached hydrogens (primary N) is 2. The van der Waals surface area contributed by atoms with Crippen LogP contribution in [0.4, 0.5) is 5.69 Å². The van der Waals surface area contributed by atoms with Gasteiger partial charge in [-0.3, -0.25) is 14.5 Å². The van der Waals surface area contributed by atoms with E-state index >= 15 is 0 Å². The van der Waals surface area contributed by atoms with Crippen LogP contribution in [0.3, 0.4) is 0 Å². The van der Waals surface area contributed by atoms with Gasteiger partial charge in [0, 0.05) is 31.9 Å². The molecule has 1 aliphatic heterocycles. The molecule has 1 saturated heterocycles. The van der Waals surface area contributed by atoms with Crippen LogP contribution in [0.2, 0.25) is 0 Å². The molecule has 1 aliphatic rings. The van der Waals surface area contributed by atoms with Crippen molar-refractivity contribution in [3.8, 4) is 11.6 Å². The largest absolute Gasteiger partial charge is 0.369 e. The molecule has 0 aliphatic carbocycles. The Bertz CT molecular complexity index is 1060.